The molecule has 0 saturated heterocycles. The fourth-order valence-corrected chi connectivity index (χ4v) is 1.00. The molecule has 0 aliphatic carbocycles. The molecule has 3 heteroatoms. The van der Waals surface area contributed by atoms with Gasteiger partial charge in [-0.05, 0) is 5.56 Å². The molecule has 12 heavy (non-hydrogen) atoms. The van der Waals surface area contributed by atoms with E-state index in [1.165, 1.54) is 0 Å². The van der Waals surface area contributed by atoms with E-state index in [1.807, 2.05) is 30.3 Å². The quantitative estimate of drug-likeness (QED) is 0.687. The number of benzene rings is 1. The Labute approximate surface area is 71.7 Å². The van der Waals surface area contributed by atoms with Crippen molar-refractivity contribution in [2.75, 3.05) is 13.1 Å². The molecule has 1 rings (SSSR count). The van der Waals surface area contributed by atoms with Gasteiger partial charge in [-0.1, -0.05) is 30.3 Å². The molecule has 0 aliphatic heterocycles. The van der Waals surface area contributed by atoms with Crippen LogP contribution >= 0.6 is 0 Å². The minimum Gasteiger partial charge on any atom is -0.329 e. The van der Waals surface area contributed by atoms with Gasteiger partial charge in [-0.25, -0.2) is 0 Å². The van der Waals surface area contributed by atoms with Gasteiger partial charge in [-0.3, -0.25) is 0 Å². The van der Waals surface area contributed by atoms with E-state index < -0.39 is 0 Å². The van der Waals surface area contributed by atoms with Crippen molar-refractivity contribution in [3.05, 3.63) is 35.9 Å². The first-order valence-corrected chi connectivity index (χ1v) is 3.97. The van der Waals surface area contributed by atoms with E-state index >= 15 is 0 Å². The normalized spacial score (nSPS) is 10.6. The average molecular weight is 168 g/mol. The van der Waals surface area contributed by atoms with Crippen LogP contribution in [0, 0.1) is 0 Å². The first-order chi connectivity index (χ1) is 5.83. The van der Waals surface area contributed by atoms with E-state index in [-0.39, 0.29) is 6.54 Å². The van der Waals surface area contributed by atoms with Crippen LogP contribution in [-0.4, -0.2) is 18.2 Å². The zero-order chi connectivity index (χ0) is 8.81. The fraction of sp³-hybridized carbons (Fsp3) is 0.333. The summed E-state index contributed by atoms with van der Waals surface area (Å²) in [4.78, 5) is 0. The van der Waals surface area contributed by atoms with E-state index in [0.29, 0.717) is 13.1 Å². The summed E-state index contributed by atoms with van der Waals surface area (Å²) in [5.41, 5.74) is 6.17. The maximum Gasteiger partial charge on any atom is 0.0541 e. The molecule has 0 aliphatic rings. The van der Waals surface area contributed by atoms with Gasteiger partial charge < -0.3 is 5.73 Å². The molecule has 1 aromatic carbocycles. The molecule has 0 radical (unpaired) electrons. The van der Waals surface area contributed by atoms with Gasteiger partial charge in [0.2, 0.25) is 0 Å². The molecule has 0 unspecified atom stereocenters. The van der Waals surface area contributed by atoms with Crippen molar-refractivity contribution in [3.63, 3.8) is 0 Å². The second-order valence-electron chi connectivity index (χ2n) is 2.62. The summed E-state index contributed by atoms with van der Waals surface area (Å²) < 4.78 is 12.8. The topological polar surface area (TPSA) is 29.3 Å². The van der Waals surface area contributed by atoms with Gasteiger partial charge in [0.25, 0.3) is 0 Å². The molecule has 2 nitrogen and oxygen atoms in total. The van der Waals surface area contributed by atoms with Crippen LogP contribution in [0.5, 0.6) is 0 Å². The average Bonchev–Trinajstić information content (AvgIpc) is 2.06. The third-order valence-corrected chi connectivity index (χ3v) is 1.57. The summed E-state index contributed by atoms with van der Waals surface area (Å²) in [6, 6.07) is 9.48. The Morgan fingerprint density at radius 3 is 2.50 bits per heavy atom. The van der Waals surface area contributed by atoms with Crippen molar-refractivity contribution in [2.24, 2.45) is 5.73 Å². The van der Waals surface area contributed by atoms with Gasteiger partial charge in [-0.2, -0.15) is 0 Å². The SMILES string of the molecule is NCCN(F)Cc1ccccc1. The van der Waals surface area contributed by atoms with Crippen LogP contribution < -0.4 is 5.73 Å². The van der Waals surface area contributed by atoms with Crippen molar-refractivity contribution in [2.45, 2.75) is 6.54 Å². The summed E-state index contributed by atoms with van der Waals surface area (Å²) in [5, 5.41) is 0.718. The highest BCUT2D eigenvalue weighted by molar-refractivity contribution is 5.13. The van der Waals surface area contributed by atoms with E-state index in [9.17, 15) is 4.48 Å². The summed E-state index contributed by atoms with van der Waals surface area (Å²) in [6.45, 7) is 0.955. The number of nitrogens with two attached hydrogens (primary N) is 1. The molecular weight excluding hydrogens is 155 g/mol. The Balaban J connectivity index is 2.41. The highest BCUT2D eigenvalue weighted by Gasteiger charge is 2.00. The lowest BCUT2D eigenvalue weighted by atomic mass is 10.2. The Kier molecular flexibility index (Phi) is 3.70. The fourth-order valence-electron chi connectivity index (χ4n) is 1.00. The third kappa shape index (κ3) is 2.98. The minimum absolute atomic E-state index is 0.287. The molecule has 1 aromatic rings. The zero-order valence-electron chi connectivity index (χ0n) is 6.91. The second-order valence-corrected chi connectivity index (χ2v) is 2.62. The maximum atomic E-state index is 12.8. The molecule has 0 atom stereocenters. The van der Waals surface area contributed by atoms with Crippen LogP contribution in [0.15, 0.2) is 30.3 Å². The van der Waals surface area contributed by atoms with E-state index in [2.05, 4.69) is 0 Å². The summed E-state index contributed by atoms with van der Waals surface area (Å²) in [5.74, 6) is 0. The van der Waals surface area contributed by atoms with Crippen LogP contribution in [0.1, 0.15) is 5.56 Å². The lowest BCUT2D eigenvalue weighted by Crippen LogP contribution is -2.21. The third-order valence-electron chi connectivity index (χ3n) is 1.57. The molecule has 0 saturated carbocycles. The molecule has 0 amide bonds. The highest BCUT2D eigenvalue weighted by atomic mass is 19.2. The van der Waals surface area contributed by atoms with Crippen LogP contribution in [0.3, 0.4) is 0 Å². The summed E-state index contributed by atoms with van der Waals surface area (Å²) in [7, 11) is 0. The van der Waals surface area contributed by atoms with Gasteiger partial charge in [0.05, 0.1) is 6.54 Å². The Hall–Kier alpha value is -0.930. The molecule has 2 N–H and O–H groups in total. The Bertz CT molecular complexity index is 213. The van der Waals surface area contributed by atoms with Crippen LogP contribution in [0.25, 0.3) is 0 Å². The van der Waals surface area contributed by atoms with E-state index in [0.717, 1.165) is 10.7 Å². The minimum atomic E-state index is 0.287. The molecule has 0 heterocycles. The zero-order valence-corrected chi connectivity index (χ0v) is 6.91. The van der Waals surface area contributed by atoms with Crippen molar-refractivity contribution in [1.29, 1.82) is 0 Å². The first-order valence-electron chi connectivity index (χ1n) is 3.97. The Morgan fingerprint density at radius 2 is 1.92 bits per heavy atom. The van der Waals surface area contributed by atoms with Crippen LogP contribution in [0.2, 0.25) is 0 Å². The summed E-state index contributed by atoms with van der Waals surface area (Å²) >= 11 is 0. The number of rotatable bonds is 4. The number of halogens is 1. The molecule has 0 aromatic heterocycles. The highest BCUT2D eigenvalue weighted by Crippen LogP contribution is 2.03. The molecule has 0 spiro atoms. The lowest BCUT2D eigenvalue weighted by molar-refractivity contribution is 0.0197. The number of hydrogen-bond donors (Lipinski definition) is 1. The molecular formula is C9H13FN2. The molecule has 66 valence electrons. The van der Waals surface area contributed by atoms with Crippen molar-refractivity contribution < 1.29 is 4.48 Å². The van der Waals surface area contributed by atoms with Crippen molar-refractivity contribution in [1.82, 2.24) is 5.12 Å². The van der Waals surface area contributed by atoms with Gasteiger partial charge in [-0.15, -0.1) is 9.60 Å². The monoisotopic (exact) mass is 168 g/mol. The predicted molar refractivity (Wildman–Crippen MR) is 47.0 cm³/mol. The number of hydrogen-bond acceptors (Lipinski definition) is 2. The van der Waals surface area contributed by atoms with E-state index in [4.69, 9.17) is 5.73 Å². The molecule has 0 fully saturated rings. The van der Waals surface area contributed by atoms with Crippen molar-refractivity contribution in [3.8, 4) is 0 Å². The smallest absolute Gasteiger partial charge is 0.0541 e. The molecule has 0 bridgehead atoms. The maximum absolute atomic E-state index is 12.8. The number of nitrogens with zero attached hydrogens (tertiary/aromatic N) is 1. The first kappa shape index (κ1) is 9.16. The van der Waals surface area contributed by atoms with Crippen LogP contribution in [0.4, 0.5) is 4.48 Å². The van der Waals surface area contributed by atoms with Gasteiger partial charge in [0.15, 0.2) is 0 Å². The van der Waals surface area contributed by atoms with Crippen LogP contribution in [-0.2, 0) is 6.54 Å². The van der Waals surface area contributed by atoms with Gasteiger partial charge >= 0.3 is 0 Å². The predicted octanol–water partition coefficient (Wildman–Crippen LogP) is 1.33. The summed E-state index contributed by atoms with van der Waals surface area (Å²) in [6.07, 6.45) is 0. The second kappa shape index (κ2) is 4.85. The van der Waals surface area contributed by atoms with Crippen molar-refractivity contribution >= 4 is 0 Å². The Morgan fingerprint density at radius 1 is 1.25 bits per heavy atom. The van der Waals surface area contributed by atoms with Gasteiger partial charge in [0, 0.05) is 13.1 Å². The largest absolute Gasteiger partial charge is 0.329 e. The van der Waals surface area contributed by atoms with E-state index in [1.54, 1.807) is 0 Å². The van der Waals surface area contributed by atoms with Gasteiger partial charge in [0.1, 0.15) is 0 Å². The lowest BCUT2D eigenvalue weighted by Gasteiger charge is -2.09. The standard InChI is InChI=1S/C9H13FN2/c10-12(7-6-11)8-9-4-2-1-3-5-9/h1-5H,6-8,11H2.